The molecule has 0 spiro atoms. The predicted octanol–water partition coefficient (Wildman–Crippen LogP) is -2.59. The van der Waals surface area contributed by atoms with Crippen LogP contribution in [0, 0.1) is 0 Å². The standard InChI is InChI=1S/C6H8N3O3S.Na/c7-13(10,11)5-4-8-9-2-1-3-12-6(5)9;/h4H,1-3H2,(H-,7,10,11);/q-1;+1. The summed E-state index contributed by atoms with van der Waals surface area (Å²) in [5.41, 5.74) is 0. The molecule has 2 heterocycles. The Morgan fingerprint density at radius 3 is 2.93 bits per heavy atom. The van der Waals surface area contributed by atoms with Crippen molar-refractivity contribution in [2.45, 2.75) is 17.9 Å². The first kappa shape index (κ1) is 12.0. The molecular formula is C6H8N3NaO3S. The number of ether oxygens (including phenoxy) is 1. The van der Waals surface area contributed by atoms with Gasteiger partial charge >= 0.3 is 29.6 Å². The van der Waals surface area contributed by atoms with E-state index in [4.69, 9.17) is 9.88 Å². The molecule has 1 N–H and O–H groups in total. The van der Waals surface area contributed by atoms with Gasteiger partial charge in [0, 0.05) is 13.0 Å². The molecule has 8 heteroatoms. The van der Waals surface area contributed by atoms with Crippen LogP contribution in [0.3, 0.4) is 0 Å². The van der Waals surface area contributed by atoms with Gasteiger partial charge in [0.2, 0.25) is 5.88 Å². The van der Waals surface area contributed by atoms with E-state index in [-0.39, 0.29) is 40.3 Å². The maximum absolute atomic E-state index is 10.9. The van der Waals surface area contributed by atoms with Crippen molar-refractivity contribution >= 4 is 10.0 Å². The zero-order valence-corrected chi connectivity index (χ0v) is 10.5. The predicted molar refractivity (Wildman–Crippen MR) is 43.8 cm³/mol. The monoisotopic (exact) mass is 225 g/mol. The van der Waals surface area contributed by atoms with E-state index in [0.717, 1.165) is 12.6 Å². The molecule has 72 valence electrons. The maximum Gasteiger partial charge on any atom is 1.00 e. The number of aryl methyl sites for hydroxylation is 1. The van der Waals surface area contributed by atoms with Gasteiger partial charge in [-0.1, -0.05) is 0 Å². The fourth-order valence-corrected chi connectivity index (χ4v) is 1.81. The van der Waals surface area contributed by atoms with Crippen molar-refractivity contribution in [3.8, 4) is 5.88 Å². The summed E-state index contributed by atoms with van der Waals surface area (Å²) in [4.78, 5) is -0.146. The zero-order chi connectivity index (χ0) is 9.47. The van der Waals surface area contributed by atoms with Crippen molar-refractivity contribution in [1.29, 1.82) is 0 Å². The number of aromatic nitrogens is 2. The Hall–Kier alpha value is -0.0800. The van der Waals surface area contributed by atoms with Crippen molar-refractivity contribution in [3.05, 3.63) is 11.3 Å². The van der Waals surface area contributed by atoms with Crippen LogP contribution in [-0.2, 0) is 16.6 Å². The summed E-state index contributed by atoms with van der Waals surface area (Å²) in [5, 5.41) is 10.7. The third-order valence-electron chi connectivity index (χ3n) is 1.80. The average molecular weight is 225 g/mol. The van der Waals surface area contributed by atoms with Crippen LogP contribution >= 0.6 is 0 Å². The van der Waals surface area contributed by atoms with E-state index in [9.17, 15) is 8.42 Å². The van der Waals surface area contributed by atoms with Crippen LogP contribution in [0.1, 0.15) is 6.42 Å². The van der Waals surface area contributed by atoms with Gasteiger partial charge in [0.15, 0.2) is 0 Å². The number of hydrogen-bond acceptors (Lipinski definition) is 4. The van der Waals surface area contributed by atoms with Crippen molar-refractivity contribution in [2.24, 2.45) is 0 Å². The molecule has 2 rings (SSSR count). The van der Waals surface area contributed by atoms with Crippen LogP contribution in [0.4, 0.5) is 0 Å². The molecule has 0 amide bonds. The Bertz CT molecular complexity index is 428. The van der Waals surface area contributed by atoms with Crippen LogP contribution < -0.4 is 34.3 Å². The third-order valence-corrected chi connectivity index (χ3v) is 2.66. The minimum Gasteiger partial charge on any atom is -0.560 e. The van der Waals surface area contributed by atoms with Crippen molar-refractivity contribution in [2.75, 3.05) is 6.61 Å². The molecule has 0 saturated carbocycles. The van der Waals surface area contributed by atoms with Crippen LogP contribution in [0.25, 0.3) is 5.14 Å². The van der Waals surface area contributed by atoms with Crippen LogP contribution in [0.5, 0.6) is 5.88 Å². The molecule has 1 aromatic heterocycles. The molecule has 1 aliphatic heterocycles. The van der Waals surface area contributed by atoms with E-state index >= 15 is 0 Å². The van der Waals surface area contributed by atoms with Crippen molar-refractivity contribution < 1.29 is 42.7 Å². The van der Waals surface area contributed by atoms with Gasteiger partial charge in [-0.05, 0) is 0 Å². The Morgan fingerprint density at radius 2 is 2.29 bits per heavy atom. The van der Waals surface area contributed by atoms with Gasteiger partial charge in [-0.25, -0.2) is 13.1 Å². The molecular weight excluding hydrogens is 217 g/mol. The number of fused-ring (bicyclic) bond motifs is 1. The number of sulfonamides is 1. The van der Waals surface area contributed by atoms with Gasteiger partial charge in [0.25, 0.3) is 0 Å². The smallest absolute Gasteiger partial charge is 0.560 e. The average Bonchev–Trinajstić information content (AvgIpc) is 2.45. The Morgan fingerprint density at radius 1 is 1.57 bits per heavy atom. The summed E-state index contributed by atoms with van der Waals surface area (Å²) < 4.78 is 28.4. The molecule has 0 aliphatic carbocycles. The summed E-state index contributed by atoms with van der Waals surface area (Å²) in [6.45, 7) is 1.12. The molecule has 0 fully saturated rings. The normalized spacial score (nSPS) is 15.2. The summed E-state index contributed by atoms with van der Waals surface area (Å²) in [6, 6.07) is 0. The van der Waals surface area contributed by atoms with Gasteiger partial charge in [0.05, 0.1) is 12.8 Å². The molecule has 0 aromatic carbocycles. The van der Waals surface area contributed by atoms with Crippen molar-refractivity contribution in [1.82, 2.24) is 9.78 Å². The molecule has 6 nitrogen and oxygen atoms in total. The van der Waals surface area contributed by atoms with E-state index in [0.29, 0.717) is 13.2 Å². The first-order valence-corrected chi connectivity index (χ1v) is 5.25. The molecule has 0 radical (unpaired) electrons. The largest absolute Gasteiger partial charge is 1.00 e. The second-order valence-electron chi connectivity index (χ2n) is 2.74. The maximum atomic E-state index is 10.9. The fraction of sp³-hybridized carbons (Fsp3) is 0.500. The second kappa shape index (κ2) is 4.19. The fourth-order valence-electron chi connectivity index (χ4n) is 1.23. The number of hydrogen-bond donors (Lipinski definition) is 0. The van der Waals surface area contributed by atoms with E-state index in [1.165, 1.54) is 4.68 Å². The van der Waals surface area contributed by atoms with Crippen LogP contribution in [0.15, 0.2) is 11.1 Å². The second-order valence-corrected chi connectivity index (χ2v) is 4.19. The van der Waals surface area contributed by atoms with E-state index in [1.807, 2.05) is 0 Å². The molecule has 1 aromatic rings. The Kier molecular flexibility index (Phi) is 3.59. The molecule has 0 saturated heterocycles. The van der Waals surface area contributed by atoms with E-state index in [2.05, 4.69) is 5.10 Å². The zero-order valence-electron chi connectivity index (χ0n) is 7.73. The summed E-state index contributed by atoms with van der Waals surface area (Å²) >= 11 is 0. The SMILES string of the molecule is [NH-]S(=O)(=O)c1cnn2c1OCCC2.[Na+]. The third kappa shape index (κ3) is 2.12. The minimum atomic E-state index is -3.96. The molecule has 14 heavy (non-hydrogen) atoms. The van der Waals surface area contributed by atoms with Gasteiger partial charge in [-0.3, -0.25) is 0 Å². The first-order valence-electron chi connectivity index (χ1n) is 3.77. The van der Waals surface area contributed by atoms with E-state index in [1.54, 1.807) is 0 Å². The van der Waals surface area contributed by atoms with Crippen molar-refractivity contribution in [3.63, 3.8) is 0 Å². The summed E-state index contributed by atoms with van der Waals surface area (Å²) in [5.74, 6) is 0.196. The number of nitrogens with zero attached hydrogens (tertiary/aromatic N) is 2. The first-order chi connectivity index (χ1) is 6.09. The number of nitrogens with one attached hydrogen (secondary N) is 1. The molecule has 1 aliphatic rings. The number of rotatable bonds is 1. The Labute approximate surface area is 104 Å². The van der Waals surface area contributed by atoms with Gasteiger partial charge in [-0.2, -0.15) is 5.10 Å². The summed E-state index contributed by atoms with van der Waals surface area (Å²) in [6.07, 6.45) is 1.97. The van der Waals surface area contributed by atoms with Crippen LogP contribution in [0.2, 0.25) is 0 Å². The van der Waals surface area contributed by atoms with Crippen LogP contribution in [-0.4, -0.2) is 24.8 Å². The van der Waals surface area contributed by atoms with Gasteiger partial charge in [-0.15, -0.1) is 0 Å². The van der Waals surface area contributed by atoms with Gasteiger partial charge in [0.1, 0.15) is 14.9 Å². The molecule has 0 atom stereocenters. The van der Waals surface area contributed by atoms with Gasteiger partial charge < -0.3 is 9.88 Å². The molecule has 0 unspecified atom stereocenters. The Balaban J connectivity index is 0.000000980. The van der Waals surface area contributed by atoms with E-state index < -0.39 is 10.0 Å². The molecule has 0 bridgehead atoms. The summed E-state index contributed by atoms with van der Waals surface area (Å²) in [7, 11) is -3.96. The minimum absolute atomic E-state index is 0. The topological polar surface area (TPSA) is 85.0 Å². The quantitative estimate of drug-likeness (QED) is 0.491.